The predicted octanol–water partition coefficient (Wildman–Crippen LogP) is 1.37. The van der Waals surface area contributed by atoms with Crippen LogP contribution in [0.25, 0.3) is 0 Å². The van der Waals surface area contributed by atoms with Crippen LogP contribution in [0, 0.1) is 11.8 Å². The van der Waals surface area contributed by atoms with Crippen LogP contribution in [0.5, 0.6) is 0 Å². The molecule has 1 aliphatic heterocycles. The minimum absolute atomic E-state index is 0.283. The Balaban J connectivity index is 2.05. The van der Waals surface area contributed by atoms with E-state index in [-0.39, 0.29) is 6.09 Å². The summed E-state index contributed by atoms with van der Waals surface area (Å²) >= 11 is 0. The van der Waals surface area contributed by atoms with Crippen LogP contribution in [0.2, 0.25) is 0 Å². The fourth-order valence-corrected chi connectivity index (χ4v) is 1.62. The smallest absolute Gasteiger partial charge is 0.407 e. The fourth-order valence-electron chi connectivity index (χ4n) is 1.62. The number of hydrogen-bond acceptors (Lipinski definition) is 3. The lowest BCUT2D eigenvalue weighted by atomic mass is 10.00. The first-order chi connectivity index (χ1) is 7.18. The van der Waals surface area contributed by atoms with E-state index in [4.69, 9.17) is 4.74 Å². The Morgan fingerprint density at radius 1 is 1.60 bits per heavy atom. The summed E-state index contributed by atoms with van der Waals surface area (Å²) in [5.41, 5.74) is 0. The Morgan fingerprint density at radius 2 is 2.40 bits per heavy atom. The molecule has 4 nitrogen and oxygen atoms in total. The molecule has 1 amide bonds. The second-order valence-corrected chi connectivity index (χ2v) is 4.59. The fraction of sp³-hybridized carbons (Fsp3) is 0.909. The molecule has 1 rings (SSSR count). The number of amides is 1. The van der Waals surface area contributed by atoms with Crippen LogP contribution in [0.3, 0.4) is 0 Å². The Labute approximate surface area is 91.8 Å². The van der Waals surface area contributed by atoms with Gasteiger partial charge in [0.1, 0.15) is 0 Å². The van der Waals surface area contributed by atoms with E-state index < -0.39 is 0 Å². The van der Waals surface area contributed by atoms with Crippen LogP contribution < -0.4 is 10.6 Å². The SMILES string of the molecule is CC(C)COC(=O)NCC1CCCNC1. The maximum absolute atomic E-state index is 11.2. The quantitative estimate of drug-likeness (QED) is 0.743. The molecule has 0 aliphatic carbocycles. The molecule has 0 radical (unpaired) electrons. The Kier molecular flexibility index (Phi) is 5.47. The molecule has 0 aromatic heterocycles. The van der Waals surface area contributed by atoms with E-state index in [1.807, 2.05) is 13.8 Å². The number of ether oxygens (including phenoxy) is 1. The molecular weight excluding hydrogens is 192 g/mol. The van der Waals surface area contributed by atoms with Crippen LogP contribution in [-0.2, 0) is 4.74 Å². The number of alkyl carbamates (subject to hydrolysis) is 1. The van der Waals surface area contributed by atoms with Crippen molar-refractivity contribution in [2.45, 2.75) is 26.7 Å². The second-order valence-electron chi connectivity index (χ2n) is 4.59. The first-order valence-electron chi connectivity index (χ1n) is 5.80. The van der Waals surface area contributed by atoms with Crippen LogP contribution in [0.15, 0.2) is 0 Å². The largest absolute Gasteiger partial charge is 0.449 e. The number of piperidine rings is 1. The van der Waals surface area contributed by atoms with Crippen molar-refractivity contribution in [2.24, 2.45) is 11.8 Å². The molecule has 1 saturated heterocycles. The lowest BCUT2D eigenvalue weighted by Gasteiger charge is -2.22. The first kappa shape index (κ1) is 12.3. The third-order valence-electron chi connectivity index (χ3n) is 2.48. The molecule has 15 heavy (non-hydrogen) atoms. The van der Waals surface area contributed by atoms with Crippen molar-refractivity contribution >= 4 is 6.09 Å². The molecule has 1 aliphatic rings. The Morgan fingerprint density at radius 3 is 3.00 bits per heavy atom. The molecule has 1 atom stereocenters. The van der Waals surface area contributed by atoms with Gasteiger partial charge >= 0.3 is 6.09 Å². The van der Waals surface area contributed by atoms with Crippen LogP contribution in [0.4, 0.5) is 4.79 Å². The number of carbonyl (C=O) groups excluding carboxylic acids is 1. The summed E-state index contributed by atoms with van der Waals surface area (Å²) in [6.45, 7) is 7.38. The maximum Gasteiger partial charge on any atom is 0.407 e. The van der Waals surface area contributed by atoms with Gasteiger partial charge in [0.15, 0.2) is 0 Å². The van der Waals surface area contributed by atoms with Crippen molar-refractivity contribution in [1.29, 1.82) is 0 Å². The molecular formula is C11H22N2O2. The molecule has 88 valence electrons. The van der Waals surface area contributed by atoms with E-state index in [9.17, 15) is 4.79 Å². The summed E-state index contributed by atoms with van der Waals surface area (Å²) in [5, 5.41) is 6.12. The summed E-state index contributed by atoms with van der Waals surface area (Å²) in [6, 6.07) is 0. The van der Waals surface area contributed by atoms with Gasteiger partial charge in [-0.05, 0) is 37.8 Å². The standard InChI is InChI=1S/C11H22N2O2/c1-9(2)8-15-11(14)13-7-10-4-3-5-12-6-10/h9-10,12H,3-8H2,1-2H3,(H,13,14). The number of nitrogens with one attached hydrogen (secondary N) is 2. The minimum Gasteiger partial charge on any atom is -0.449 e. The van der Waals surface area contributed by atoms with Crippen molar-refractivity contribution < 1.29 is 9.53 Å². The zero-order chi connectivity index (χ0) is 11.1. The predicted molar refractivity (Wildman–Crippen MR) is 59.8 cm³/mol. The van der Waals surface area contributed by atoms with E-state index in [1.54, 1.807) is 0 Å². The van der Waals surface area contributed by atoms with Gasteiger partial charge in [-0.25, -0.2) is 4.79 Å². The third kappa shape index (κ3) is 5.62. The van der Waals surface area contributed by atoms with Gasteiger partial charge in [-0.3, -0.25) is 0 Å². The normalized spacial score (nSPS) is 21.4. The van der Waals surface area contributed by atoms with Gasteiger partial charge in [-0.2, -0.15) is 0 Å². The molecule has 0 aromatic carbocycles. The van der Waals surface area contributed by atoms with E-state index in [0.717, 1.165) is 19.6 Å². The molecule has 2 N–H and O–H groups in total. The highest BCUT2D eigenvalue weighted by Crippen LogP contribution is 2.08. The maximum atomic E-state index is 11.2. The highest BCUT2D eigenvalue weighted by atomic mass is 16.5. The van der Waals surface area contributed by atoms with Crippen LogP contribution >= 0.6 is 0 Å². The van der Waals surface area contributed by atoms with Crippen molar-refractivity contribution in [2.75, 3.05) is 26.2 Å². The Hall–Kier alpha value is -0.770. The highest BCUT2D eigenvalue weighted by Gasteiger charge is 2.14. The van der Waals surface area contributed by atoms with Crippen LogP contribution in [0.1, 0.15) is 26.7 Å². The summed E-state index contributed by atoms with van der Waals surface area (Å²) < 4.78 is 5.02. The molecule has 4 heteroatoms. The topological polar surface area (TPSA) is 50.4 Å². The van der Waals surface area contributed by atoms with Crippen molar-refractivity contribution in [3.05, 3.63) is 0 Å². The van der Waals surface area contributed by atoms with Gasteiger partial charge < -0.3 is 15.4 Å². The molecule has 0 saturated carbocycles. The number of hydrogen-bond donors (Lipinski definition) is 2. The monoisotopic (exact) mass is 214 g/mol. The number of carbonyl (C=O) groups is 1. The summed E-state index contributed by atoms with van der Waals surface area (Å²) in [5.74, 6) is 0.956. The van der Waals surface area contributed by atoms with Gasteiger partial charge in [0, 0.05) is 6.54 Å². The zero-order valence-electron chi connectivity index (χ0n) is 9.71. The van der Waals surface area contributed by atoms with Gasteiger partial charge in [0.2, 0.25) is 0 Å². The molecule has 0 aromatic rings. The summed E-state index contributed by atoms with van der Waals surface area (Å²) in [4.78, 5) is 11.2. The number of rotatable bonds is 4. The van der Waals surface area contributed by atoms with Gasteiger partial charge in [-0.1, -0.05) is 13.8 Å². The lowest BCUT2D eigenvalue weighted by molar-refractivity contribution is 0.131. The van der Waals surface area contributed by atoms with E-state index >= 15 is 0 Å². The summed E-state index contributed by atoms with van der Waals surface area (Å²) in [7, 11) is 0. The van der Waals surface area contributed by atoms with Gasteiger partial charge in [-0.15, -0.1) is 0 Å². The summed E-state index contributed by atoms with van der Waals surface area (Å²) in [6.07, 6.45) is 2.11. The third-order valence-corrected chi connectivity index (χ3v) is 2.48. The molecule has 0 spiro atoms. The molecule has 1 unspecified atom stereocenters. The minimum atomic E-state index is -0.283. The average molecular weight is 214 g/mol. The van der Waals surface area contributed by atoms with Crippen molar-refractivity contribution in [3.8, 4) is 0 Å². The zero-order valence-corrected chi connectivity index (χ0v) is 9.71. The Bertz CT molecular complexity index is 189. The van der Waals surface area contributed by atoms with Gasteiger partial charge in [0.05, 0.1) is 6.61 Å². The van der Waals surface area contributed by atoms with E-state index in [0.29, 0.717) is 18.4 Å². The second kappa shape index (κ2) is 6.67. The molecule has 1 heterocycles. The lowest BCUT2D eigenvalue weighted by Crippen LogP contribution is -2.38. The van der Waals surface area contributed by atoms with Crippen LogP contribution in [-0.4, -0.2) is 32.3 Å². The average Bonchev–Trinajstić information content (AvgIpc) is 2.25. The van der Waals surface area contributed by atoms with Crippen molar-refractivity contribution in [3.63, 3.8) is 0 Å². The molecule has 0 bridgehead atoms. The first-order valence-corrected chi connectivity index (χ1v) is 5.80. The highest BCUT2D eigenvalue weighted by molar-refractivity contribution is 5.67. The van der Waals surface area contributed by atoms with E-state index in [2.05, 4.69) is 10.6 Å². The van der Waals surface area contributed by atoms with E-state index in [1.165, 1.54) is 12.8 Å². The van der Waals surface area contributed by atoms with Crippen molar-refractivity contribution in [1.82, 2.24) is 10.6 Å². The van der Waals surface area contributed by atoms with Gasteiger partial charge in [0.25, 0.3) is 0 Å². The molecule has 1 fully saturated rings.